The Balaban J connectivity index is 2.38. The van der Waals surface area contributed by atoms with Gasteiger partial charge in [-0.25, -0.2) is 0 Å². The van der Waals surface area contributed by atoms with Crippen molar-refractivity contribution in [3.63, 3.8) is 0 Å². The number of aliphatic hydroxyl groups excluding tert-OH is 1. The van der Waals surface area contributed by atoms with Crippen LogP contribution in [0.4, 0.5) is 0 Å². The van der Waals surface area contributed by atoms with E-state index < -0.39 is 0 Å². The number of rotatable bonds is 5. The lowest BCUT2D eigenvalue weighted by Crippen LogP contribution is -2.41. The molecular weight excluding hydrogens is 194 g/mol. The molecule has 0 bridgehead atoms. The molecule has 1 aliphatic carbocycles. The Kier molecular flexibility index (Phi) is 4.74. The lowest BCUT2D eigenvalue weighted by atomic mass is 9.87. The largest absolute Gasteiger partial charge is 0.396 e. The summed E-state index contributed by atoms with van der Waals surface area (Å²) in [6, 6.07) is 0.631. The average molecular weight is 217 g/mol. The highest BCUT2D eigenvalue weighted by Crippen LogP contribution is 2.42. The smallest absolute Gasteiger partial charge is 0.0438 e. The number of aliphatic hydroxyl groups is 1. The van der Waals surface area contributed by atoms with Crippen LogP contribution in [0.5, 0.6) is 0 Å². The van der Waals surface area contributed by atoms with Crippen LogP contribution < -0.4 is 5.32 Å². The Morgan fingerprint density at radius 2 is 2.21 bits per heavy atom. The predicted octanol–water partition coefficient (Wildman–Crippen LogP) is 1.88. The van der Waals surface area contributed by atoms with Gasteiger partial charge in [-0.1, -0.05) is 13.8 Å². The lowest BCUT2D eigenvalue weighted by molar-refractivity contribution is 0.295. The molecule has 0 aromatic rings. The maximum absolute atomic E-state index is 8.74. The lowest BCUT2D eigenvalue weighted by Gasteiger charge is -2.30. The first-order chi connectivity index (χ1) is 6.61. The van der Waals surface area contributed by atoms with Gasteiger partial charge < -0.3 is 10.4 Å². The molecule has 2 unspecified atom stereocenters. The summed E-state index contributed by atoms with van der Waals surface area (Å²) in [4.78, 5) is 0. The van der Waals surface area contributed by atoms with Crippen LogP contribution in [-0.2, 0) is 0 Å². The molecule has 2 N–H and O–H groups in total. The van der Waals surface area contributed by atoms with Crippen LogP contribution in [0.2, 0.25) is 0 Å². The highest BCUT2D eigenvalue weighted by atomic mass is 32.2. The summed E-state index contributed by atoms with van der Waals surface area (Å²) in [5.74, 6) is 1.09. The van der Waals surface area contributed by atoms with E-state index in [1.54, 1.807) is 0 Å². The topological polar surface area (TPSA) is 32.3 Å². The normalized spacial score (nSPS) is 30.9. The fourth-order valence-corrected chi connectivity index (χ4v) is 3.98. The van der Waals surface area contributed by atoms with Gasteiger partial charge in [-0.15, -0.1) is 0 Å². The summed E-state index contributed by atoms with van der Waals surface area (Å²) < 4.78 is 0. The fourth-order valence-electron chi connectivity index (χ4n) is 2.40. The summed E-state index contributed by atoms with van der Waals surface area (Å²) >= 11 is 2.02. The van der Waals surface area contributed by atoms with Crippen LogP contribution in [0.15, 0.2) is 0 Å². The Morgan fingerprint density at radius 3 is 2.79 bits per heavy atom. The third kappa shape index (κ3) is 2.88. The Morgan fingerprint density at radius 1 is 1.50 bits per heavy atom. The maximum Gasteiger partial charge on any atom is 0.0438 e. The van der Waals surface area contributed by atoms with E-state index in [4.69, 9.17) is 5.11 Å². The molecule has 0 aromatic carbocycles. The molecule has 84 valence electrons. The molecule has 1 fully saturated rings. The van der Waals surface area contributed by atoms with Crippen LogP contribution in [-0.4, -0.2) is 35.8 Å². The summed E-state index contributed by atoms with van der Waals surface area (Å²) in [7, 11) is 2.07. The van der Waals surface area contributed by atoms with E-state index in [0.717, 1.165) is 17.4 Å². The third-order valence-corrected chi connectivity index (χ3v) is 4.69. The molecule has 0 spiro atoms. The molecule has 0 saturated heterocycles. The van der Waals surface area contributed by atoms with Gasteiger partial charge in [0.1, 0.15) is 0 Å². The van der Waals surface area contributed by atoms with Gasteiger partial charge in [0.25, 0.3) is 0 Å². The van der Waals surface area contributed by atoms with E-state index in [-0.39, 0.29) is 0 Å². The summed E-state index contributed by atoms with van der Waals surface area (Å²) in [5.41, 5.74) is 0.436. The molecule has 0 heterocycles. The zero-order valence-electron chi connectivity index (χ0n) is 9.55. The summed E-state index contributed by atoms with van der Waals surface area (Å²) in [6.45, 7) is 5.02. The quantitative estimate of drug-likeness (QED) is 0.690. The Hall–Kier alpha value is 0.270. The molecular formula is C11H23NOS. The molecule has 0 aliphatic heterocycles. The molecule has 1 saturated carbocycles. The zero-order chi connectivity index (χ0) is 10.6. The second-order valence-corrected chi connectivity index (χ2v) is 6.13. The van der Waals surface area contributed by atoms with Gasteiger partial charge in [0.15, 0.2) is 0 Å². The van der Waals surface area contributed by atoms with Gasteiger partial charge in [0.2, 0.25) is 0 Å². The van der Waals surface area contributed by atoms with Crippen molar-refractivity contribution in [3.8, 4) is 0 Å². The van der Waals surface area contributed by atoms with E-state index in [0.29, 0.717) is 18.1 Å². The van der Waals surface area contributed by atoms with E-state index in [9.17, 15) is 0 Å². The maximum atomic E-state index is 8.74. The van der Waals surface area contributed by atoms with Crippen LogP contribution >= 0.6 is 11.8 Å². The Bertz CT molecular complexity index is 173. The minimum absolute atomic E-state index is 0.327. The van der Waals surface area contributed by atoms with E-state index in [1.165, 1.54) is 12.8 Å². The summed E-state index contributed by atoms with van der Waals surface area (Å²) in [5, 5.41) is 12.9. The van der Waals surface area contributed by atoms with Crippen molar-refractivity contribution in [2.75, 3.05) is 19.4 Å². The molecule has 0 aromatic heterocycles. The molecule has 0 amide bonds. The molecule has 14 heavy (non-hydrogen) atoms. The van der Waals surface area contributed by atoms with Crippen molar-refractivity contribution < 1.29 is 5.11 Å². The predicted molar refractivity (Wildman–Crippen MR) is 63.8 cm³/mol. The van der Waals surface area contributed by atoms with Gasteiger partial charge in [-0.2, -0.15) is 11.8 Å². The first kappa shape index (κ1) is 12.3. The number of hydrogen-bond acceptors (Lipinski definition) is 3. The van der Waals surface area contributed by atoms with E-state index in [1.807, 2.05) is 11.8 Å². The monoisotopic (exact) mass is 217 g/mol. The van der Waals surface area contributed by atoms with Crippen LogP contribution in [0.1, 0.15) is 33.1 Å². The molecule has 1 rings (SSSR count). The van der Waals surface area contributed by atoms with Gasteiger partial charge in [0.05, 0.1) is 0 Å². The first-order valence-corrected chi connectivity index (χ1v) is 6.56. The van der Waals surface area contributed by atoms with Crippen molar-refractivity contribution >= 4 is 11.8 Å². The average Bonchev–Trinajstić information content (AvgIpc) is 2.42. The van der Waals surface area contributed by atoms with Crippen LogP contribution in [0.3, 0.4) is 0 Å². The Labute approximate surface area is 91.9 Å². The second kappa shape index (κ2) is 5.38. The SMILES string of the molecule is CNC1C(SCCCO)CCC1(C)C. The van der Waals surface area contributed by atoms with Gasteiger partial charge in [-0.3, -0.25) is 0 Å². The van der Waals surface area contributed by atoms with Gasteiger partial charge in [0, 0.05) is 17.9 Å². The van der Waals surface area contributed by atoms with Crippen molar-refractivity contribution in [3.05, 3.63) is 0 Å². The molecule has 0 radical (unpaired) electrons. The first-order valence-electron chi connectivity index (χ1n) is 5.51. The molecule has 1 aliphatic rings. The van der Waals surface area contributed by atoms with Crippen LogP contribution in [0, 0.1) is 5.41 Å². The van der Waals surface area contributed by atoms with Crippen molar-refractivity contribution in [1.29, 1.82) is 0 Å². The van der Waals surface area contributed by atoms with Crippen LogP contribution in [0.25, 0.3) is 0 Å². The summed E-state index contributed by atoms with van der Waals surface area (Å²) in [6.07, 6.45) is 3.56. The van der Waals surface area contributed by atoms with Crippen molar-refractivity contribution in [2.24, 2.45) is 5.41 Å². The van der Waals surface area contributed by atoms with E-state index >= 15 is 0 Å². The second-order valence-electron chi connectivity index (χ2n) is 4.78. The zero-order valence-corrected chi connectivity index (χ0v) is 10.4. The highest BCUT2D eigenvalue weighted by molar-refractivity contribution is 7.99. The highest BCUT2D eigenvalue weighted by Gasteiger charge is 2.40. The molecule has 2 nitrogen and oxygen atoms in total. The number of thioether (sulfide) groups is 1. The minimum Gasteiger partial charge on any atom is -0.396 e. The third-order valence-electron chi connectivity index (χ3n) is 3.23. The van der Waals surface area contributed by atoms with Gasteiger partial charge >= 0.3 is 0 Å². The van der Waals surface area contributed by atoms with E-state index in [2.05, 4.69) is 26.2 Å². The van der Waals surface area contributed by atoms with Crippen molar-refractivity contribution in [1.82, 2.24) is 5.32 Å². The standard InChI is InChI=1S/C11H23NOS/c1-11(2)6-5-9(10(11)12-3)14-8-4-7-13/h9-10,12-13H,4-8H2,1-3H3. The van der Waals surface area contributed by atoms with Crippen molar-refractivity contribution in [2.45, 2.75) is 44.4 Å². The minimum atomic E-state index is 0.327. The molecule has 2 atom stereocenters. The van der Waals surface area contributed by atoms with Gasteiger partial charge in [-0.05, 0) is 37.5 Å². The number of hydrogen-bond donors (Lipinski definition) is 2. The molecule has 3 heteroatoms. The fraction of sp³-hybridized carbons (Fsp3) is 1.00. The number of nitrogens with one attached hydrogen (secondary N) is 1.